The monoisotopic (exact) mass is 490 g/mol. The molecule has 0 aromatic heterocycles. The van der Waals surface area contributed by atoms with Crippen LogP contribution < -0.4 is 10.2 Å². The molecule has 0 aliphatic carbocycles. The van der Waals surface area contributed by atoms with E-state index < -0.39 is 15.0 Å². The molecule has 0 unspecified atom stereocenters. The normalized spacial score (nSPS) is 27.3. The number of nitrogens with one attached hydrogen (secondary N) is 2. The maximum absolute atomic E-state index is 5.66. The minimum absolute atomic E-state index is 0.102. The predicted octanol–water partition coefficient (Wildman–Crippen LogP) is 8.47. The van der Waals surface area contributed by atoms with E-state index in [0.717, 1.165) is 0 Å². The number of rotatable bonds is 2. The summed E-state index contributed by atoms with van der Waals surface area (Å²) in [6.07, 6.45) is 0. The molecule has 1 heterocycles. The quantitative estimate of drug-likeness (QED) is 0.381. The lowest BCUT2D eigenvalue weighted by molar-refractivity contribution is 0.242. The first-order valence-electron chi connectivity index (χ1n) is 12.0. The van der Waals surface area contributed by atoms with Crippen LogP contribution in [0.5, 0.6) is 0 Å². The first kappa shape index (κ1) is 30.3. The fourth-order valence-electron chi connectivity index (χ4n) is 4.30. The Labute approximate surface area is 201 Å². The molecule has 0 spiro atoms. The van der Waals surface area contributed by atoms with Crippen LogP contribution in [0.4, 0.5) is 0 Å². The lowest BCUT2D eigenvalue weighted by atomic mass is 10.1. The van der Waals surface area contributed by atoms with Gasteiger partial charge in [-0.15, -0.1) is 0 Å². The number of hydrogen-bond donors (Lipinski definition) is 2. The number of nitrogens with zero attached hydrogens (tertiary/aromatic N) is 4. The Kier molecular flexibility index (Phi) is 8.01. The molecule has 2 N–H and O–H groups in total. The summed E-state index contributed by atoms with van der Waals surface area (Å²) in [7, 11) is -4.67. The van der Waals surface area contributed by atoms with Gasteiger partial charge in [-0.05, 0) is 125 Å². The van der Waals surface area contributed by atoms with E-state index in [1.807, 2.05) is 0 Å². The summed E-state index contributed by atoms with van der Waals surface area (Å²) in [5.41, 5.74) is -0.867. The zero-order valence-electron chi connectivity index (χ0n) is 24.7. The van der Waals surface area contributed by atoms with Crippen LogP contribution in [0.3, 0.4) is 0 Å². The van der Waals surface area contributed by atoms with E-state index in [4.69, 9.17) is 9.49 Å². The maximum atomic E-state index is 5.66. The summed E-state index contributed by atoms with van der Waals surface area (Å²) < 4.78 is 16.7. The summed E-state index contributed by atoms with van der Waals surface area (Å²) in [6, 6.07) is 0. The first-order chi connectivity index (χ1) is 13.6. The van der Waals surface area contributed by atoms with E-state index >= 15 is 0 Å². The molecule has 0 bridgehead atoms. The zero-order valence-corrected chi connectivity index (χ0v) is 26.5. The van der Waals surface area contributed by atoms with Crippen LogP contribution in [0.15, 0.2) is 9.49 Å². The lowest BCUT2D eigenvalue weighted by Crippen LogP contribution is -2.66. The van der Waals surface area contributed by atoms with Gasteiger partial charge in [0.2, 0.25) is 0 Å². The van der Waals surface area contributed by atoms with E-state index in [9.17, 15) is 0 Å². The molecule has 1 rings (SSSR count). The first-order valence-corrected chi connectivity index (χ1v) is 15.3. The van der Waals surface area contributed by atoms with E-state index in [1.54, 1.807) is 0 Å². The van der Waals surface area contributed by atoms with Gasteiger partial charge in [-0.25, -0.2) is 0 Å². The molecule has 192 valence electrons. The SMILES string of the molecule is CC(C)(C)N=P1(NC(C)(C)C)N(C(C)(C)C)P(=NC(C)(C)C)(NC(C)(C)C)N1C(C)(C)C. The molecule has 32 heavy (non-hydrogen) atoms. The average Bonchev–Trinajstić information content (AvgIpc) is 2.22. The van der Waals surface area contributed by atoms with Crippen LogP contribution in [0.2, 0.25) is 0 Å². The van der Waals surface area contributed by atoms with Crippen LogP contribution in [0, 0.1) is 0 Å². The van der Waals surface area contributed by atoms with E-state index in [-0.39, 0.29) is 33.2 Å². The van der Waals surface area contributed by atoms with Gasteiger partial charge in [0.1, 0.15) is 0 Å². The second kappa shape index (κ2) is 8.45. The smallest absolute Gasteiger partial charge is 0.180 e. The Morgan fingerprint density at radius 1 is 0.438 bits per heavy atom. The van der Waals surface area contributed by atoms with Gasteiger partial charge in [-0.1, -0.05) is 0 Å². The van der Waals surface area contributed by atoms with Gasteiger partial charge in [0.05, 0.1) is 11.1 Å². The molecular weight excluding hydrogens is 434 g/mol. The highest BCUT2D eigenvalue weighted by atomic mass is 31.3. The van der Waals surface area contributed by atoms with Crippen molar-refractivity contribution >= 4 is 15.0 Å². The van der Waals surface area contributed by atoms with Crippen molar-refractivity contribution in [3.8, 4) is 0 Å². The van der Waals surface area contributed by atoms with Crippen LogP contribution >= 0.6 is 15.0 Å². The van der Waals surface area contributed by atoms with Gasteiger partial charge >= 0.3 is 0 Å². The van der Waals surface area contributed by atoms with Crippen LogP contribution in [-0.4, -0.2) is 42.1 Å². The fraction of sp³-hybridized carbons (Fsp3) is 1.00. The Bertz CT molecular complexity index is 703. The molecular formula is C24H56N6P2. The van der Waals surface area contributed by atoms with Crippen LogP contribution in [0.25, 0.3) is 0 Å². The highest BCUT2D eigenvalue weighted by Gasteiger charge is 2.68. The van der Waals surface area contributed by atoms with Crippen molar-refractivity contribution in [3.63, 3.8) is 0 Å². The standard InChI is InChI=1S/C24H56N6P2/c1-19(2,3)25-31(26-20(4,5)6)29(23(13,14)15)32(27-21(7,8)9,28-22(10,11)12)30(31)24(16,17)18/h25,27H,1-18H3. The summed E-state index contributed by atoms with van der Waals surface area (Å²) in [5.74, 6) is 0. The van der Waals surface area contributed by atoms with E-state index in [1.165, 1.54) is 0 Å². The molecule has 1 fully saturated rings. The molecule has 6 nitrogen and oxygen atoms in total. The molecule has 1 aliphatic rings. The van der Waals surface area contributed by atoms with Crippen molar-refractivity contribution in [2.45, 2.75) is 158 Å². The third-order valence-electron chi connectivity index (χ3n) is 4.11. The second-order valence-electron chi connectivity index (χ2n) is 15.3. The van der Waals surface area contributed by atoms with Gasteiger partial charge in [-0.2, -0.15) is 8.88 Å². The molecule has 8 heteroatoms. The molecule has 0 amide bonds. The zero-order chi connectivity index (χ0) is 26.0. The summed E-state index contributed by atoms with van der Waals surface area (Å²) in [5, 5.41) is 8.18. The van der Waals surface area contributed by atoms with Gasteiger partial charge < -0.3 is 0 Å². The van der Waals surface area contributed by atoms with Gasteiger partial charge in [-0.3, -0.25) is 19.7 Å². The lowest BCUT2D eigenvalue weighted by Gasteiger charge is -2.71. The summed E-state index contributed by atoms with van der Waals surface area (Å²) in [4.78, 5) is 0. The molecule has 1 saturated heterocycles. The van der Waals surface area contributed by atoms with E-state index in [0.29, 0.717) is 0 Å². The van der Waals surface area contributed by atoms with Crippen molar-refractivity contribution in [1.82, 2.24) is 19.1 Å². The third kappa shape index (κ3) is 7.15. The largest absolute Gasteiger partial charge is 0.254 e. The van der Waals surface area contributed by atoms with Crippen molar-refractivity contribution in [2.75, 3.05) is 0 Å². The molecule has 1 aliphatic heterocycles. The topological polar surface area (TPSA) is 55.3 Å². The summed E-state index contributed by atoms with van der Waals surface area (Å²) in [6.45, 7) is 40.8. The Morgan fingerprint density at radius 2 is 0.656 bits per heavy atom. The highest BCUT2D eigenvalue weighted by molar-refractivity contribution is 7.89. The van der Waals surface area contributed by atoms with Gasteiger partial charge in [0.25, 0.3) is 0 Å². The fourth-order valence-corrected chi connectivity index (χ4v) is 16.5. The molecule has 0 radical (unpaired) electrons. The van der Waals surface area contributed by atoms with Crippen LogP contribution in [0.1, 0.15) is 125 Å². The predicted molar refractivity (Wildman–Crippen MR) is 147 cm³/mol. The molecule has 0 aromatic carbocycles. The molecule has 0 saturated carbocycles. The minimum atomic E-state index is -2.33. The summed E-state index contributed by atoms with van der Waals surface area (Å²) >= 11 is 0. The molecule has 0 atom stereocenters. The highest BCUT2D eigenvalue weighted by Crippen LogP contribution is 2.90. The van der Waals surface area contributed by atoms with Gasteiger partial charge in [0, 0.05) is 22.2 Å². The van der Waals surface area contributed by atoms with E-state index in [2.05, 4.69) is 144 Å². The van der Waals surface area contributed by atoms with Crippen LogP contribution in [-0.2, 0) is 0 Å². The maximum Gasteiger partial charge on any atom is 0.180 e. The Balaban J connectivity index is 4.34. The molecule has 0 aromatic rings. The van der Waals surface area contributed by atoms with Crippen molar-refractivity contribution in [2.24, 2.45) is 9.49 Å². The van der Waals surface area contributed by atoms with Crippen molar-refractivity contribution in [3.05, 3.63) is 0 Å². The average molecular weight is 491 g/mol. The Hall–Kier alpha value is 0.300. The second-order valence-corrected chi connectivity index (χ2v) is 20.7. The van der Waals surface area contributed by atoms with Crippen molar-refractivity contribution < 1.29 is 0 Å². The number of hydrogen-bond acceptors (Lipinski definition) is 2. The minimum Gasteiger partial charge on any atom is -0.254 e. The third-order valence-corrected chi connectivity index (χ3v) is 15.3. The van der Waals surface area contributed by atoms with Crippen molar-refractivity contribution in [1.29, 1.82) is 0 Å². The Morgan fingerprint density at radius 3 is 0.781 bits per heavy atom. The van der Waals surface area contributed by atoms with Gasteiger partial charge in [0.15, 0.2) is 15.0 Å².